The molecule has 2 amide bonds. The lowest BCUT2D eigenvalue weighted by Crippen LogP contribution is -2.52. The number of morpholine rings is 1. The van der Waals surface area contributed by atoms with E-state index in [2.05, 4.69) is 15.5 Å². The third kappa shape index (κ3) is 5.60. The van der Waals surface area contributed by atoms with Gasteiger partial charge in [-0.2, -0.15) is 5.10 Å². The summed E-state index contributed by atoms with van der Waals surface area (Å²) in [6.45, 7) is 3.17. The molecule has 1 atom stereocenters. The molecule has 11 heteroatoms. The van der Waals surface area contributed by atoms with E-state index in [-0.39, 0.29) is 43.4 Å². The third-order valence-corrected chi connectivity index (χ3v) is 5.41. The van der Waals surface area contributed by atoms with Crippen molar-refractivity contribution in [1.29, 1.82) is 0 Å². The van der Waals surface area contributed by atoms with Crippen molar-refractivity contribution in [2.45, 2.75) is 12.5 Å². The van der Waals surface area contributed by atoms with Crippen LogP contribution in [0.25, 0.3) is 0 Å². The topological polar surface area (TPSA) is 99.8 Å². The number of benzene rings is 1. The molecule has 2 N–H and O–H groups in total. The highest BCUT2D eigenvalue weighted by Gasteiger charge is 2.29. The standard InChI is InChI=1S/C21H25F2N5O4/c22-16-2-1-15(10-17(16)23)31-7-3-14-9-18(26-25-14)19-11-28(6-8-32-19)21(30)13-27-5-4-24-20(29)12-27/h1-2,9-10,19H,3-8,11-13H2,(H,24,29)(H,25,26)/t19-/m0/s1. The first-order chi connectivity index (χ1) is 15.5. The molecule has 2 aliphatic heterocycles. The Kier molecular flexibility index (Phi) is 6.96. The zero-order valence-electron chi connectivity index (χ0n) is 17.5. The minimum atomic E-state index is -0.955. The highest BCUT2D eigenvalue weighted by atomic mass is 19.2. The van der Waals surface area contributed by atoms with E-state index in [0.29, 0.717) is 44.9 Å². The first-order valence-electron chi connectivity index (χ1n) is 10.5. The number of H-pyrrole nitrogens is 1. The average Bonchev–Trinajstić information content (AvgIpc) is 3.25. The van der Waals surface area contributed by atoms with Crippen molar-refractivity contribution in [3.8, 4) is 5.75 Å². The molecule has 0 radical (unpaired) electrons. The van der Waals surface area contributed by atoms with E-state index >= 15 is 0 Å². The Morgan fingerprint density at radius 1 is 1.25 bits per heavy atom. The predicted octanol–water partition coefficient (Wildman–Crippen LogP) is 0.641. The monoisotopic (exact) mass is 449 g/mol. The number of rotatable bonds is 7. The summed E-state index contributed by atoms with van der Waals surface area (Å²) in [5.41, 5.74) is 1.48. The maximum Gasteiger partial charge on any atom is 0.236 e. The van der Waals surface area contributed by atoms with Crippen LogP contribution in [0.15, 0.2) is 24.3 Å². The van der Waals surface area contributed by atoms with Crippen LogP contribution in [0.4, 0.5) is 8.78 Å². The smallest absolute Gasteiger partial charge is 0.236 e. The van der Waals surface area contributed by atoms with Crippen molar-refractivity contribution >= 4 is 11.8 Å². The molecule has 1 aromatic carbocycles. The number of ether oxygens (including phenoxy) is 2. The van der Waals surface area contributed by atoms with Crippen LogP contribution < -0.4 is 10.1 Å². The lowest BCUT2D eigenvalue weighted by Gasteiger charge is -2.34. The molecule has 2 aliphatic rings. The van der Waals surface area contributed by atoms with Gasteiger partial charge in [0.25, 0.3) is 0 Å². The molecule has 0 spiro atoms. The summed E-state index contributed by atoms with van der Waals surface area (Å²) in [6, 6.07) is 5.24. The van der Waals surface area contributed by atoms with Gasteiger partial charge >= 0.3 is 0 Å². The van der Waals surface area contributed by atoms with Crippen LogP contribution >= 0.6 is 0 Å². The van der Waals surface area contributed by atoms with Crippen molar-refractivity contribution in [1.82, 2.24) is 25.3 Å². The first kappa shape index (κ1) is 22.2. The number of carbonyl (C=O) groups is 2. The van der Waals surface area contributed by atoms with Gasteiger partial charge in [0.05, 0.1) is 38.5 Å². The number of carbonyl (C=O) groups excluding carboxylic acids is 2. The van der Waals surface area contributed by atoms with Crippen LogP contribution in [-0.4, -0.2) is 84.3 Å². The highest BCUT2D eigenvalue weighted by molar-refractivity contribution is 5.82. The van der Waals surface area contributed by atoms with Crippen molar-refractivity contribution in [3.63, 3.8) is 0 Å². The van der Waals surface area contributed by atoms with Gasteiger partial charge in [-0.05, 0) is 18.2 Å². The first-order valence-corrected chi connectivity index (χ1v) is 10.5. The summed E-state index contributed by atoms with van der Waals surface area (Å²) in [5.74, 6) is -1.73. The van der Waals surface area contributed by atoms with Crippen molar-refractivity contribution in [2.75, 3.05) is 52.5 Å². The Morgan fingerprint density at radius 3 is 2.94 bits per heavy atom. The van der Waals surface area contributed by atoms with Crippen molar-refractivity contribution in [2.24, 2.45) is 0 Å². The van der Waals surface area contributed by atoms with Crippen LogP contribution in [0.5, 0.6) is 5.75 Å². The van der Waals surface area contributed by atoms with Gasteiger partial charge in [-0.15, -0.1) is 0 Å². The minimum absolute atomic E-state index is 0.0383. The Labute approximate surface area is 183 Å². The summed E-state index contributed by atoms with van der Waals surface area (Å²) in [6.07, 6.45) is 0.132. The van der Waals surface area contributed by atoms with Gasteiger partial charge in [-0.1, -0.05) is 0 Å². The molecule has 0 unspecified atom stereocenters. The maximum absolute atomic E-state index is 13.2. The SMILES string of the molecule is O=C1CN(CC(=O)N2CCO[C@H](c3cc(CCOc4ccc(F)c(F)c4)[nH]n3)C2)CCN1. The van der Waals surface area contributed by atoms with Crippen LogP contribution in [0.2, 0.25) is 0 Å². The molecule has 0 aliphatic carbocycles. The summed E-state index contributed by atoms with van der Waals surface area (Å²) >= 11 is 0. The zero-order chi connectivity index (χ0) is 22.5. The second-order valence-electron chi connectivity index (χ2n) is 7.75. The van der Waals surface area contributed by atoms with E-state index in [1.165, 1.54) is 6.07 Å². The number of hydrogen-bond acceptors (Lipinski definition) is 6. The zero-order valence-corrected chi connectivity index (χ0v) is 17.5. The highest BCUT2D eigenvalue weighted by Crippen LogP contribution is 2.22. The number of aromatic nitrogens is 2. The number of aromatic amines is 1. The molecule has 2 aromatic rings. The fourth-order valence-corrected chi connectivity index (χ4v) is 3.69. The van der Waals surface area contributed by atoms with Crippen LogP contribution in [0.1, 0.15) is 17.5 Å². The van der Waals surface area contributed by atoms with E-state index in [1.807, 2.05) is 11.0 Å². The van der Waals surface area contributed by atoms with E-state index in [9.17, 15) is 18.4 Å². The summed E-state index contributed by atoms with van der Waals surface area (Å²) < 4.78 is 37.5. The molecule has 2 fully saturated rings. The fraction of sp³-hybridized carbons (Fsp3) is 0.476. The molecule has 0 saturated carbocycles. The fourth-order valence-electron chi connectivity index (χ4n) is 3.69. The number of nitrogens with zero attached hydrogens (tertiary/aromatic N) is 3. The van der Waals surface area contributed by atoms with Gasteiger partial charge < -0.3 is 19.7 Å². The van der Waals surface area contributed by atoms with Gasteiger partial charge in [0.15, 0.2) is 11.6 Å². The number of nitrogens with one attached hydrogen (secondary N) is 2. The predicted molar refractivity (Wildman–Crippen MR) is 109 cm³/mol. The average molecular weight is 449 g/mol. The number of halogens is 2. The molecular weight excluding hydrogens is 424 g/mol. The largest absolute Gasteiger partial charge is 0.493 e. The molecular formula is C21H25F2N5O4. The Morgan fingerprint density at radius 2 is 2.12 bits per heavy atom. The lowest BCUT2D eigenvalue weighted by atomic mass is 10.2. The summed E-state index contributed by atoms with van der Waals surface area (Å²) in [7, 11) is 0. The number of hydrogen-bond donors (Lipinski definition) is 2. The maximum atomic E-state index is 13.2. The Bertz CT molecular complexity index is 969. The van der Waals surface area contributed by atoms with Crippen LogP contribution in [0.3, 0.4) is 0 Å². The molecule has 0 bridgehead atoms. The third-order valence-electron chi connectivity index (χ3n) is 5.41. The molecule has 9 nitrogen and oxygen atoms in total. The molecule has 1 aromatic heterocycles. The van der Waals surface area contributed by atoms with Gasteiger partial charge in [-0.25, -0.2) is 8.78 Å². The number of amides is 2. The quantitative estimate of drug-likeness (QED) is 0.644. The normalized spacial score (nSPS) is 19.6. The lowest BCUT2D eigenvalue weighted by molar-refractivity contribution is -0.141. The van der Waals surface area contributed by atoms with Gasteiger partial charge in [0, 0.05) is 37.8 Å². The van der Waals surface area contributed by atoms with Crippen molar-refractivity contribution < 1.29 is 27.8 Å². The van der Waals surface area contributed by atoms with Gasteiger partial charge in [-0.3, -0.25) is 19.6 Å². The van der Waals surface area contributed by atoms with Crippen molar-refractivity contribution in [3.05, 3.63) is 47.3 Å². The molecule has 172 valence electrons. The molecule has 2 saturated heterocycles. The Balaban J connectivity index is 1.27. The second kappa shape index (κ2) is 10.0. The number of piperazine rings is 1. The molecule has 4 rings (SSSR count). The van der Waals surface area contributed by atoms with Crippen LogP contribution in [0, 0.1) is 11.6 Å². The van der Waals surface area contributed by atoms with E-state index < -0.39 is 11.6 Å². The summed E-state index contributed by atoms with van der Waals surface area (Å²) in [4.78, 5) is 27.8. The van der Waals surface area contributed by atoms with Gasteiger partial charge in [0.1, 0.15) is 11.9 Å². The van der Waals surface area contributed by atoms with E-state index in [4.69, 9.17) is 9.47 Å². The second-order valence-corrected chi connectivity index (χ2v) is 7.75. The minimum Gasteiger partial charge on any atom is -0.493 e. The van der Waals surface area contributed by atoms with Crippen LogP contribution in [-0.2, 0) is 20.7 Å². The van der Waals surface area contributed by atoms with E-state index in [1.54, 1.807) is 4.90 Å². The summed E-state index contributed by atoms with van der Waals surface area (Å²) in [5, 5.41) is 9.96. The van der Waals surface area contributed by atoms with E-state index in [0.717, 1.165) is 17.8 Å². The Hall–Kier alpha value is -3.05. The molecule has 32 heavy (non-hydrogen) atoms. The van der Waals surface area contributed by atoms with Gasteiger partial charge in [0.2, 0.25) is 11.8 Å². The molecule has 3 heterocycles.